The third-order valence-electron chi connectivity index (χ3n) is 2.95. The highest BCUT2D eigenvalue weighted by molar-refractivity contribution is 5.75. The summed E-state index contributed by atoms with van der Waals surface area (Å²) in [6, 6.07) is 0. The number of hydrogen-bond acceptors (Lipinski definition) is 2. The number of hydrogen-bond donors (Lipinski definition) is 1. The first kappa shape index (κ1) is 19.3. The van der Waals surface area contributed by atoms with Crippen LogP contribution in [0.25, 0.3) is 0 Å². The van der Waals surface area contributed by atoms with E-state index in [2.05, 4.69) is 23.7 Å². The standard InChI is InChI=1S/C18H26O3/c1-17(19)15-13-11-9-7-5-3-2-4-6-8-10-12-14-16-18(20)21/h4-6,8,10-16H2,1H3,(H,20,21). The van der Waals surface area contributed by atoms with Crippen LogP contribution in [0.3, 0.4) is 0 Å². The molecule has 0 amide bonds. The lowest BCUT2D eigenvalue weighted by molar-refractivity contribution is -0.137. The van der Waals surface area contributed by atoms with Crippen molar-refractivity contribution in [2.45, 2.75) is 77.6 Å². The van der Waals surface area contributed by atoms with Crippen molar-refractivity contribution < 1.29 is 14.7 Å². The van der Waals surface area contributed by atoms with E-state index in [4.69, 9.17) is 5.11 Å². The van der Waals surface area contributed by atoms with Crippen molar-refractivity contribution in [3.05, 3.63) is 0 Å². The zero-order chi connectivity index (χ0) is 15.8. The minimum absolute atomic E-state index is 0.222. The number of Topliss-reactive ketones (excluding diaryl/α,β-unsaturated/α-hetero) is 1. The van der Waals surface area contributed by atoms with E-state index in [1.54, 1.807) is 6.92 Å². The second kappa shape index (κ2) is 14.7. The molecule has 0 aliphatic heterocycles. The van der Waals surface area contributed by atoms with E-state index in [1.807, 2.05) is 0 Å². The second-order valence-electron chi connectivity index (χ2n) is 5.10. The maximum atomic E-state index is 10.7. The molecule has 0 atom stereocenters. The molecule has 3 nitrogen and oxygen atoms in total. The number of carbonyl (C=O) groups excluding carboxylic acids is 1. The number of rotatable bonds is 10. The van der Waals surface area contributed by atoms with Crippen LogP contribution in [0, 0.1) is 23.7 Å². The lowest BCUT2D eigenvalue weighted by Crippen LogP contribution is -1.93. The maximum Gasteiger partial charge on any atom is 0.303 e. The van der Waals surface area contributed by atoms with Crippen LogP contribution in [0.4, 0.5) is 0 Å². The van der Waals surface area contributed by atoms with Crippen molar-refractivity contribution in [2.24, 2.45) is 0 Å². The van der Waals surface area contributed by atoms with Gasteiger partial charge in [-0.3, -0.25) is 4.79 Å². The van der Waals surface area contributed by atoms with E-state index in [0.717, 1.165) is 51.4 Å². The van der Waals surface area contributed by atoms with Crippen molar-refractivity contribution in [1.29, 1.82) is 0 Å². The number of aliphatic carboxylic acids is 1. The minimum Gasteiger partial charge on any atom is -0.481 e. The van der Waals surface area contributed by atoms with Crippen LogP contribution in [-0.2, 0) is 9.59 Å². The summed E-state index contributed by atoms with van der Waals surface area (Å²) in [6.45, 7) is 1.60. The molecule has 0 bridgehead atoms. The third-order valence-corrected chi connectivity index (χ3v) is 2.95. The molecule has 21 heavy (non-hydrogen) atoms. The van der Waals surface area contributed by atoms with Crippen LogP contribution in [0.15, 0.2) is 0 Å². The average Bonchev–Trinajstić information content (AvgIpc) is 2.42. The Morgan fingerprint density at radius 2 is 1.33 bits per heavy atom. The minimum atomic E-state index is -0.705. The van der Waals surface area contributed by atoms with Gasteiger partial charge in [-0.25, -0.2) is 0 Å². The Balaban J connectivity index is 3.32. The Hall–Kier alpha value is -1.74. The number of unbranched alkanes of at least 4 members (excludes halogenated alkanes) is 6. The van der Waals surface area contributed by atoms with Gasteiger partial charge in [-0.2, -0.15) is 0 Å². The van der Waals surface area contributed by atoms with Gasteiger partial charge in [0.05, 0.1) is 6.42 Å². The van der Waals surface area contributed by atoms with Gasteiger partial charge in [0, 0.05) is 25.7 Å². The van der Waals surface area contributed by atoms with Crippen LogP contribution in [-0.4, -0.2) is 16.9 Å². The fraction of sp³-hybridized carbons (Fsp3) is 0.667. The molecule has 0 aliphatic rings. The highest BCUT2D eigenvalue weighted by Crippen LogP contribution is 2.06. The van der Waals surface area contributed by atoms with Crippen molar-refractivity contribution >= 4 is 11.8 Å². The molecule has 1 N–H and O–H groups in total. The first-order valence-corrected chi connectivity index (χ1v) is 7.75. The molecule has 0 aliphatic carbocycles. The molecule has 116 valence electrons. The van der Waals surface area contributed by atoms with E-state index < -0.39 is 5.97 Å². The number of ketones is 1. The summed E-state index contributed by atoms with van der Waals surface area (Å²) in [5.41, 5.74) is 0. The van der Waals surface area contributed by atoms with E-state index in [1.165, 1.54) is 0 Å². The summed E-state index contributed by atoms with van der Waals surface area (Å²) in [5.74, 6) is 11.7. The lowest BCUT2D eigenvalue weighted by atomic mass is 10.1. The van der Waals surface area contributed by atoms with Crippen LogP contribution in [0.2, 0.25) is 0 Å². The van der Waals surface area contributed by atoms with Crippen LogP contribution >= 0.6 is 0 Å². The van der Waals surface area contributed by atoms with E-state index in [0.29, 0.717) is 12.8 Å². The van der Waals surface area contributed by atoms with Gasteiger partial charge in [-0.15, -0.1) is 11.8 Å². The van der Waals surface area contributed by atoms with Crippen molar-refractivity contribution in [1.82, 2.24) is 0 Å². The second-order valence-corrected chi connectivity index (χ2v) is 5.10. The normalized spacial score (nSPS) is 9.19. The number of carboxylic acids is 1. The van der Waals surface area contributed by atoms with E-state index in [9.17, 15) is 9.59 Å². The van der Waals surface area contributed by atoms with Gasteiger partial charge in [0.25, 0.3) is 0 Å². The molecule has 3 heteroatoms. The Bertz CT molecular complexity index is 415. The van der Waals surface area contributed by atoms with Gasteiger partial charge >= 0.3 is 5.97 Å². The predicted octanol–water partition coefficient (Wildman–Crippen LogP) is 3.96. The predicted molar refractivity (Wildman–Crippen MR) is 84.7 cm³/mol. The Morgan fingerprint density at radius 1 is 0.762 bits per heavy atom. The number of carboxylic acid groups (broad SMARTS) is 1. The molecule has 0 fully saturated rings. The molecule has 0 unspecified atom stereocenters. The molecule has 0 spiro atoms. The molecule has 0 heterocycles. The highest BCUT2D eigenvalue weighted by atomic mass is 16.4. The topological polar surface area (TPSA) is 54.4 Å². The monoisotopic (exact) mass is 290 g/mol. The van der Waals surface area contributed by atoms with Gasteiger partial charge in [0.15, 0.2) is 0 Å². The summed E-state index contributed by atoms with van der Waals surface area (Å²) < 4.78 is 0. The molecule has 0 saturated carbocycles. The molecule has 0 rings (SSSR count). The Morgan fingerprint density at radius 3 is 1.95 bits per heavy atom. The van der Waals surface area contributed by atoms with Gasteiger partial charge in [0.2, 0.25) is 0 Å². The molecule has 0 radical (unpaired) electrons. The zero-order valence-corrected chi connectivity index (χ0v) is 13.0. The number of carbonyl (C=O) groups is 2. The summed E-state index contributed by atoms with van der Waals surface area (Å²) in [5, 5.41) is 8.48. The summed E-state index contributed by atoms with van der Waals surface area (Å²) in [7, 11) is 0. The lowest BCUT2D eigenvalue weighted by Gasteiger charge is -1.97. The summed E-state index contributed by atoms with van der Waals surface area (Å²) in [4.78, 5) is 21.0. The Kier molecular flexibility index (Phi) is 13.4. The summed E-state index contributed by atoms with van der Waals surface area (Å²) in [6.07, 6.45) is 9.07. The quantitative estimate of drug-likeness (QED) is 0.489. The molecular formula is C18H26O3. The maximum absolute atomic E-state index is 10.7. The fourth-order valence-corrected chi connectivity index (χ4v) is 1.79. The van der Waals surface area contributed by atoms with Crippen LogP contribution in [0.5, 0.6) is 0 Å². The van der Waals surface area contributed by atoms with E-state index in [-0.39, 0.29) is 12.2 Å². The van der Waals surface area contributed by atoms with Crippen molar-refractivity contribution in [3.8, 4) is 23.7 Å². The molecular weight excluding hydrogens is 264 g/mol. The fourth-order valence-electron chi connectivity index (χ4n) is 1.79. The zero-order valence-electron chi connectivity index (χ0n) is 13.0. The highest BCUT2D eigenvalue weighted by Gasteiger charge is 1.95. The first-order chi connectivity index (χ1) is 10.1. The third kappa shape index (κ3) is 18.3. The van der Waals surface area contributed by atoms with Gasteiger partial charge in [-0.1, -0.05) is 31.1 Å². The average molecular weight is 290 g/mol. The Labute approximate surface area is 128 Å². The molecule has 0 saturated heterocycles. The largest absolute Gasteiger partial charge is 0.481 e. The summed E-state index contributed by atoms with van der Waals surface area (Å²) >= 11 is 0. The SMILES string of the molecule is CC(=O)CCCC#CCC#CCCCCCCCC(=O)O. The van der Waals surface area contributed by atoms with Gasteiger partial charge in [-0.05, 0) is 26.2 Å². The van der Waals surface area contributed by atoms with Crippen LogP contribution in [0.1, 0.15) is 77.6 Å². The van der Waals surface area contributed by atoms with Gasteiger partial charge < -0.3 is 9.90 Å². The smallest absolute Gasteiger partial charge is 0.303 e. The first-order valence-electron chi connectivity index (χ1n) is 7.75. The van der Waals surface area contributed by atoms with Crippen LogP contribution < -0.4 is 0 Å². The molecule has 0 aromatic carbocycles. The van der Waals surface area contributed by atoms with Gasteiger partial charge in [0.1, 0.15) is 5.78 Å². The van der Waals surface area contributed by atoms with Crippen molar-refractivity contribution in [3.63, 3.8) is 0 Å². The molecule has 0 aromatic rings. The van der Waals surface area contributed by atoms with Crippen molar-refractivity contribution in [2.75, 3.05) is 0 Å². The van der Waals surface area contributed by atoms with E-state index >= 15 is 0 Å². The molecule has 0 aromatic heterocycles.